The van der Waals surface area contributed by atoms with Gasteiger partial charge in [0, 0.05) is 18.1 Å². The van der Waals surface area contributed by atoms with Crippen LogP contribution in [-0.4, -0.2) is 17.7 Å². The van der Waals surface area contributed by atoms with Gasteiger partial charge in [-0.15, -0.1) is 0 Å². The van der Waals surface area contributed by atoms with Crippen LogP contribution in [0.1, 0.15) is 5.69 Å². The van der Waals surface area contributed by atoms with E-state index in [2.05, 4.69) is 10.3 Å². The number of pyridine rings is 1. The van der Waals surface area contributed by atoms with Gasteiger partial charge in [-0.05, 0) is 11.5 Å². The number of fused-ring (bicyclic) bond motifs is 1. The summed E-state index contributed by atoms with van der Waals surface area (Å²) in [6.07, 6.45) is -2.52. The molecule has 1 N–H and O–H groups in total. The Balaban J connectivity index is 2.04. The Morgan fingerprint density at radius 3 is 2.53 bits per heavy atom. The molecule has 0 radical (unpaired) electrons. The lowest BCUT2D eigenvalue weighted by atomic mass is 10.1. The Kier molecular flexibility index (Phi) is 3.28. The van der Waals surface area contributed by atoms with E-state index in [-0.39, 0.29) is 6.54 Å². The van der Waals surface area contributed by atoms with E-state index in [0.29, 0.717) is 5.69 Å². The first kappa shape index (κ1) is 11.9. The van der Waals surface area contributed by atoms with Crippen LogP contribution < -0.4 is 5.32 Å². The van der Waals surface area contributed by atoms with Crippen LogP contribution in [0.25, 0.3) is 10.8 Å². The van der Waals surface area contributed by atoms with E-state index in [1.54, 1.807) is 12.3 Å². The normalized spacial score (nSPS) is 11.9. The quantitative estimate of drug-likeness (QED) is 0.892. The SMILES string of the molecule is FC(F)(F)CNCc1cc2ccccc2cn1. The minimum absolute atomic E-state index is 0.115. The Morgan fingerprint density at radius 2 is 1.82 bits per heavy atom. The van der Waals surface area contributed by atoms with E-state index in [9.17, 15) is 13.2 Å². The van der Waals surface area contributed by atoms with Gasteiger partial charge in [0.1, 0.15) is 0 Å². The van der Waals surface area contributed by atoms with Crippen LogP contribution in [0.3, 0.4) is 0 Å². The number of aromatic nitrogens is 1. The third-order valence-corrected chi connectivity index (χ3v) is 2.32. The Labute approximate surface area is 96.5 Å². The van der Waals surface area contributed by atoms with E-state index in [1.165, 1.54) is 0 Å². The molecule has 90 valence electrons. The second kappa shape index (κ2) is 4.71. The van der Waals surface area contributed by atoms with E-state index in [4.69, 9.17) is 0 Å². The largest absolute Gasteiger partial charge is 0.401 e. The highest BCUT2D eigenvalue weighted by Crippen LogP contribution is 2.14. The molecule has 0 atom stereocenters. The highest BCUT2D eigenvalue weighted by molar-refractivity contribution is 5.81. The van der Waals surface area contributed by atoms with Crippen molar-refractivity contribution in [3.05, 3.63) is 42.2 Å². The second-order valence-electron chi connectivity index (χ2n) is 3.74. The molecule has 0 saturated heterocycles. The molecule has 0 unspecified atom stereocenters. The average Bonchev–Trinajstić information content (AvgIpc) is 2.27. The van der Waals surface area contributed by atoms with Crippen LogP contribution in [0.15, 0.2) is 36.5 Å². The monoisotopic (exact) mass is 240 g/mol. The zero-order valence-corrected chi connectivity index (χ0v) is 8.96. The van der Waals surface area contributed by atoms with Crippen molar-refractivity contribution in [1.29, 1.82) is 0 Å². The lowest BCUT2D eigenvalue weighted by Gasteiger charge is -2.08. The van der Waals surface area contributed by atoms with Crippen LogP contribution in [0.2, 0.25) is 0 Å². The molecule has 17 heavy (non-hydrogen) atoms. The molecule has 0 saturated carbocycles. The molecule has 0 amide bonds. The van der Waals surface area contributed by atoms with Crippen LogP contribution in [0.4, 0.5) is 13.2 Å². The van der Waals surface area contributed by atoms with Crippen LogP contribution in [0.5, 0.6) is 0 Å². The molecule has 1 heterocycles. The van der Waals surface area contributed by atoms with Gasteiger partial charge < -0.3 is 5.32 Å². The fraction of sp³-hybridized carbons (Fsp3) is 0.250. The summed E-state index contributed by atoms with van der Waals surface area (Å²) in [4.78, 5) is 4.10. The number of rotatable bonds is 3. The molecule has 1 aromatic heterocycles. The molecule has 0 aliphatic heterocycles. The van der Waals surface area contributed by atoms with E-state index >= 15 is 0 Å². The maximum Gasteiger partial charge on any atom is 0.401 e. The van der Waals surface area contributed by atoms with Crippen molar-refractivity contribution in [1.82, 2.24) is 10.3 Å². The minimum atomic E-state index is -4.18. The summed E-state index contributed by atoms with van der Waals surface area (Å²) >= 11 is 0. The zero-order valence-electron chi connectivity index (χ0n) is 8.96. The van der Waals surface area contributed by atoms with Gasteiger partial charge in [0.05, 0.1) is 12.2 Å². The van der Waals surface area contributed by atoms with E-state index < -0.39 is 12.7 Å². The van der Waals surface area contributed by atoms with Crippen molar-refractivity contribution in [2.24, 2.45) is 0 Å². The highest BCUT2D eigenvalue weighted by atomic mass is 19.4. The van der Waals surface area contributed by atoms with Gasteiger partial charge in [0.15, 0.2) is 0 Å². The smallest absolute Gasteiger partial charge is 0.303 e. The van der Waals surface area contributed by atoms with Crippen molar-refractivity contribution in [2.45, 2.75) is 12.7 Å². The van der Waals surface area contributed by atoms with Crippen LogP contribution in [-0.2, 0) is 6.54 Å². The van der Waals surface area contributed by atoms with Gasteiger partial charge in [-0.1, -0.05) is 24.3 Å². The van der Waals surface area contributed by atoms with E-state index in [0.717, 1.165) is 10.8 Å². The number of alkyl halides is 3. The molecule has 1 aromatic carbocycles. The maximum atomic E-state index is 11.9. The highest BCUT2D eigenvalue weighted by Gasteiger charge is 2.26. The molecule has 0 bridgehead atoms. The summed E-state index contributed by atoms with van der Waals surface area (Å²) < 4.78 is 35.8. The van der Waals surface area contributed by atoms with Gasteiger partial charge in [-0.2, -0.15) is 13.2 Å². The molecule has 2 rings (SSSR count). The molecule has 0 aliphatic rings. The van der Waals surface area contributed by atoms with Crippen LogP contribution in [0, 0.1) is 0 Å². The fourth-order valence-corrected chi connectivity index (χ4v) is 1.56. The van der Waals surface area contributed by atoms with Crippen molar-refractivity contribution in [3.8, 4) is 0 Å². The van der Waals surface area contributed by atoms with Crippen molar-refractivity contribution in [3.63, 3.8) is 0 Å². The first-order chi connectivity index (χ1) is 8.04. The number of benzene rings is 1. The first-order valence-corrected chi connectivity index (χ1v) is 5.16. The van der Waals surface area contributed by atoms with Crippen molar-refractivity contribution < 1.29 is 13.2 Å². The van der Waals surface area contributed by atoms with Gasteiger partial charge >= 0.3 is 6.18 Å². The van der Waals surface area contributed by atoms with Crippen LogP contribution >= 0.6 is 0 Å². The predicted octanol–water partition coefficient (Wildman–Crippen LogP) is 2.89. The number of hydrogen-bond donors (Lipinski definition) is 1. The molecule has 2 nitrogen and oxygen atoms in total. The number of hydrogen-bond acceptors (Lipinski definition) is 2. The molecule has 2 aromatic rings. The molecule has 0 spiro atoms. The maximum absolute atomic E-state index is 11.9. The number of nitrogens with zero attached hydrogens (tertiary/aromatic N) is 1. The summed E-state index contributed by atoms with van der Waals surface area (Å²) in [5.41, 5.74) is 0.605. The standard InChI is InChI=1S/C12H11F3N2/c13-12(14,15)8-16-7-11-5-9-3-1-2-4-10(9)6-17-11/h1-6,16H,7-8H2. The lowest BCUT2D eigenvalue weighted by Crippen LogP contribution is -2.28. The Bertz CT molecular complexity index is 508. The van der Waals surface area contributed by atoms with Crippen molar-refractivity contribution in [2.75, 3.05) is 6.54 Å². The molecule has 5 heteroatoms. The minimum Gasteiger partial charge on any atom is -0.303 e. The van der Waals surface area contributed by atoms with Gasteiger partial charge in [-0.3, -0.25) is 4.98 Å². The molecule has 0 fully saturated rings. The fourth-order valence-electron chi connectivity index (χ4n) is 1.56. The second-order valence-corrected chi connectivity index (χ2v) is 3.74. The number of halogens is 3. The average molecular weight is 240 g/mol. The third kappa shape index (κ3) is 3.42. The topological polar surface area (TPSA) is 24.9 Å². The molecular formula is C12H11F3N2. The summed E-state index contributed by atoms with van der Waals surface area (Å²) in [6, 6.07) is 9.39. The summed E-state index contributed by atoms with van der Waals surface area (Å²) in [6.45, 7) is -0.883. The van der Waals surface area contributed by atoms with Gasteiger partial charge in [0.2, 0.25) is 0 Å². The number of nitrogens with one attached hydrogen (secondary N) is 1. The predicted molar refractivity (Wildman–Crippen MR) is 59.5 cm³/mol. The molecular weight excluding hydrogens is 229 g/mol. The summed E-state index contributed by atoms with van der Waals surface area (Å²) in [5.74, 6) is 0. The van der Waals surface area contributed by atoms with Gasteiger partial charge in [0.25, 0.3) is 0 Å². The Morgan fingerprint density at radius 1 is 1.12 bits per heavy atom. The zero-order chi connectivity index (χ0) is 12.3. The third-order valence-electron chi connectivity index (χ3n) is 2.32. The Hall–Kier alpha value is -1.62. The summed E-state index contributed by atoms with van der Waals surface area (Å²) in [7, 11) is 0. The van der Waals surface area contributed by atoms with Gasteiger partial charge in [-0.25, -0.2) is 0 Å². The summed E-state index contributed by atoms with van der Waals surface area (Å²) in [5, 5.41) is 4.28. The lowest BCUT2D eigenvalue weighted by molar-refractivity contribution is -0.125. The molecule has 0 aliphatic carbocycles. The first-order valence-electron chi connectivity index (χ1n) is 5.16. The van der Waals surface area contributed by atoms with E-state index in [1.807, 2.05) is 24.3 Å². The van der Waals surface area contributed by atoms with Crippen molar-refractivity contribution >= 4 is 10.8 Å².